The van der Waals surface area contributed by atoms with E-state index in [0.29, 0.717) is 12.4 Å². The Balaban J connectivity index is 1.89. The van der Waals surface area contributed by atoms with Crippen molar-refractivity contribution < 1.29 is 14.3 Å². The number of tetrazole rings is 1. The number of hydrogen-bond donors (Lipinski definition) is 0. The molecule has 7 nitrogen and oxygen atoms in total. The monoisotopic (exact) mass is 302 g/mol. The molecule has 1 aromatic heterocycles. The van der Waals surface area contributed by atoms with E-state index >= 15 is 0 Å². The van der Waals surface area contributed by atoms with Crippen LogP contribution in [0.5, 0.6) is 5.75 Å². The molecule has 2 aromatic rings. The van der Waals surface area contributed by atoms with Crippen LogP contribution in [-0.2, 0) is 22.7 Å². The fourth-order valence-electron chi connectivity index (χ4n) is 1.81. The van der Waals surface area contributed by atoms with Crippen molar-refractivity contribution in [2.75, 3.05) is 7.11 Å². The molecule has 0 aliphatic rings. The number of nitrogens with zero attached hydrogens (tertiary/aromatic N) is 4. The van der Waals surface area contributed by atoms with Crippen LogP contribution in [0.15, 0.2) is 30.3 Å². The van der Waals surface area contributed by atoms with E-state index in [0.717, 1.165) is 17.7 Å². The highest BCUT2D eigenvalue weighted by molar-refractivity contribution is 5.87. The van der Waals surface area contributed by atoms with Gasteiger partial charge in [0.15, 0.2) is 12.4 Å². The van der Waals surface area contributed by atoms with Crippen molar-refractivity contribution in [1.82, 2.24) is 20.2 Å². The summed E-state index contributed by atoms with van der Waals surface area (Å²) < 4.78 is 11.9. The van der Waals surface area contributed by atoms with Crippen LogP contribution in [0.3, 0.4) is 0 Å². The highest BCUT2D eigenvalue weighted by Gasteiger charge is 2.07. The molecule has 0 fully saturated rings. The van der Waals surface area contributed by atoms with Gasteiger partial charge in [-0.2, -0.15) is 0 Å². The minimum absolute atomic E-state index is 0.0499. The predicted octanol–water partition coefficient (Wildman–Crippen LogP) is 1.85. The average molecular weight is 302 g/mol. The van der Waals surface area contributed by atoms with Crippen molar-refractivity contribution in [2.45, 2.75) is 26.5 Å². The van der Waals surface area contributed by atoms with Crippen LogP contribution in [0.25, 0.3) is 6.08 Å². The van der Waals surface area contributed by atoms with Crippen molar-refractivity contribution in [3.63, 3.8) is 0 Å². The van der Waals surface area contributed by atoms with E-state index in [2.05, 4.69) is 15.5 Å². The molecule has 22 heavy (non-hydrogen) atoms. The molecule has 0 amide bonds. The van der Waals surface area contributed by atoms with Gasteiger partial charge in [-0.05, 0) is 40.6 Å². The van der Waals surface area contributed by atoms with Crippen LogP contribution >= 0.6 is 0 Å². The van der Waals surface area contributed by atoms with Crippen molar-refractivity contribution in [3.05, 3.63) is 41.7 Å². The third-order valence-electron chi connectivity index (χ3n) is 2.89. The largest absolute Gasteiger partial charge is 0.497 e. The third kappa shape index (κ3) is 4.41. The Morgan fingerprint density at radius 2 is 2.27 bits per heavy atom. The topological polar surface area (TPSA) is 79.1 Å². The van der Waals surface area contributed by atoms with Gasteiger partial charge in [0.2, 0.25) is 0 Å². The Morgan fingerprint density at radius 1 is 1.41 bits per heavy atom. The number of ether oxygens (including phenoxy) is 2. The molecule has 1 aromatic carbocycles. The first-order chi connectivity index (χ1) is 10.7. The highest BCUT2D eigenvalue weighted by atomic mass is 16.5. The van der Waals surface area contributed by atoms with Gasteiger partial charge in [0.25, 0.3) is 0 Å². The number of aryl methyl sites for hydroxylation is 1. The number of carbonyl (C=O) groups is 1. The Morgan fingerprint density at radius 3 is 3.05 bits per heavy atom. The summed E-state index contributed by atoms with van der Waals surface area (Å²) in [5.74, 6) is 0.813. The molecule has 0 spiro atoms. The molecule has 0 bridgehead atoms. The Hall–Kier alpha value is -2.70. The normalized spacial score (nSPS) is 10.8. The lowest BCUT2D eigenvalue weighted by atomic mass is 10.2. The van der Waals surface area contributed by atoms with Gasteiger partial charge in [-0.1, -0.05) is 19.1 Å². The summed E-state index contributed by atoms with van der Waals surface area (Å²) in [5.41, 5.74) is 0.854. The van der Waals surface area contributed by atoms with Gasteiger partial charge in [0.05, 0.1) is 7.11 Å². The average Bonchev–Trinajstić information content (AvgIpc) is 2.99. The Kier molecular flexibility index (Phi) is 5.65. The smallest absolute Gasteiger partial charge is 0.331 e. The molecule has 0 saturated heterocycles. The van der Waals surface area contributed by atoms with E-state index in [9.17, 15) is 4.79 Å². The highest BCUT2D eigenvalue weighted by Crippen LogP contribution is 2.13. The fraction of sp³-hybridized carbons (Fsp3) is 0.333. The molecule has 0 unspecified atom stereocenters. The van der Waals surface area contributed by atoms with E-state index in [-0.39, 0.29) is 6.61 Å². The molecule has 7 heteroatoms. The van der Waals surface area contributed by atoms with E-state index in [1.807, 2.05) is 31.2 Å². The molecule has 0 atom stereocenters. The van der Waals surface area contributed by atoms with Crippen LogP contribution in [0, 0.1) is 0 Å². The van der Waals surface area contributed by atoms with Gasteiger partial charge in [0, 0.05) is 12.6 Å². The number of hydrogen-bond acceptors (Lipinski definition) is 6. The number of esters is 1. The quantitative estimate of drug-likeness (QED) is 0.573. The molecular weight excluding hydrogens is 284 g/mol. The zero-order valence-corrected chi connectivity index (χ0v) is 12.6. The minimum Gasteiger partial charge on any atom is -0.497 e. The van der Waals surface area contributed by atoms with Crippen LogP contribution in [0.2, 0.25) is 0 Å². The van der Waals surface area contributed by atoms with Crippen LogP contribution in [0.4, 0.5) is 0 Å². The first kappa shape index (κ1) is 15.7. The number of rotatable bonds is 7. The Bertz CT molecular complexity index is 652. The zero-order valence-electron chi connectivity index (χ0n) is 12.6. The molecule has 1 heterocycles. The predicted molar refractivity (Wildman–Crippen MR) is 79.9 cm³/mol. The number of methoxy groups -OCH3 is 1. The lowest BCUT2D eigenvalue weighted by Crippen LogP contribution is -2.09. The van der Waals surface area contributed by atoms with Crippen LogP contribution in [0.1, 0.15) is 24.7 Å². The number of aromatic nitrogens is 4. The van der Waals surface area contributed by atoms with Crippen molar-refractivity contribution in [2.24, 2.45) is 0 Å². The molecule has 116 valence electrons. The summed E-state index contributed by atoms with van der Waals surface area (Å²) in [6.45, 7) is 2.77. The summed E-state index contributed by atoms with van der Waals surface area (Å²) in [4.78, 5) is 11.7. The van der Waals surface area contributed by atoms with Crippen molar-refractivity contribution in [1.29, 1.82) is 0 Å². The van der Waals surface area contributed by atoms with Crippen molar-refractivity contribution in [3.8, 4) is 5.75 Å². The molecule has 2 rings (SSSR count). The summed E-state index contributed by atoms with van der Waals surface area (Å²) in [6.07, 6.45) is 3.93. The maximum absolute atomic E-state index is 11.7. The molecule has 0 N–H and O–H groups in total. The SMILES string of the molecule is CCCn1nnnc1COC(=O)/C=C/c1cccc(OC)c1. The first-order valence-electron chi connectivity index (χ1n) is 6.97. The van der Waals surface area contributed by atoms with E-state index in [4.69, 9.17) is 9.47 Å². The van der Waals surface area contributed by atoms with Gasteiger partial charge in [-0.3, -0.25) is 0 Å². The lowest BCUT2D eigenvalue weighted by Gasteiger charge is -2.03. The molecule has 0 aliphatic carbocycles. The van der Waals surface area contributed by atoms with Crippen LogP contribution < -0.4 is 4.74 Å². The molecule has 0 radical (unpaired) electrons. The van der Waals surface area contributed by atoms with E-state index in [1.54, 1.807) is 17.9 Å². The standard InChI is InChI=1S/C15H18N4O3/c1-3-9-19-14(16-17-18-19)11-22-15(20)8-7-12-5-4-6-13(10-12)21-2/h4-8,10H,3,9,11H2,1-2H3/b8-7+. The molecular formula is C15H18N4O3. The first-order valence-corrected chi connectivity index (χ1v) is 6.97. The minimum atomic E-state index is -0.450. The van der Waals surface area contributed by atoms with Gasteiger partial charge in [-0.15, -0.1) is 5.10 Å². The summed E-state index contributed by atoms with van der Waals surface area (Å²) >= 11 is 0. The Labute approximate surface area is 128 Å². The third-order valence-corrected chi connectivity index (χ3v) is 2.89. The van der Waals surface area contributed by atoms with Gasteiger partial charge in [0.1, 0.15) is 5.75 Å². The summed E-state index contributed by atoms with van der Waals surface area (Å²) in [7, 11) is 1.59. The summed E-state index contributed by atoms with van der Waals surface area (Å²) in [6, 6.07) is 7.38. The molecule has 0 saturated carbocycles. The number of benzene rings is 1. The zero-order chi connectivity index (χ0) is 15.8. The second-order valence-electron chi connectivity index (χ2n) is 4.54. The van der Waals surface area contributed by atoms with Crippen LogP contribution in [-0.4, -0.2) is 33.3 Å². The van der Waals surface area contributed by atoms with Gasteiger partial charge >= 0.3 is 5.97 Å². The second-order valence-corrected chi connectivity index (χ2v) is 4.54. The van der Waals surface area contributed by atoms with Gasteiger partial charge < -0.3 is 9.47 Å². The fourth-order valence-corrected chi connectivity index (χ4v) is 1.81. The molecule has 0 aliphatic heterocycles. The lowest BCUT2D eigenvalue weighted by molar-refractivity contribution is -0.139. The van der Waals surface area contributed by atoms with Crippen molar-refractivity contribution >= 4 is 12.0 Å². The number of carbonyl (C=O) groups excluding carboxylic acids is 1. The van der Waals surface area contributed by atoms with E-state index in [1.165, 1.54) is 6.08 Å². The maximum atomic E-state index is 11.7. The van der Waals surface area contributed by atoms with E-state index < -0.39 is 5.97 Å². The second kappa shape index (κ2) is 7.92. The maximum Gasteiger partial charge on any atom is 0.331 e. The van der Waals surface area contributed by atoms with Gasteiger partial charge in [-0.25, -0.2) is 9.48 Å². The summed E-state index contributed by atoms with van der Waals surface area (Å²) in [5, 5.41) is 11.2.